The summed E-state index contributed by atoms with van der Waals surface area (Å²) in [4.78, 5) is 19.8. The summed E-state index contributed by atoms with van der Waals surface area (Å²) < 4.78 is 10.6. The molecule has 0 radical (unpaired) electrons. The minimum atomic E-state index is -0.114. The van der Waals surface area contributed by atoms with Gasteiger partial charge in [-0.15, -0.1) is 0 Å². The number of carbonyl (C=O) groups is 1. The van der Waals surface area contributed by atoms with Crippen LogP contribution in [-0.2, 0) is 4.79 Å². The van der Waals surface area contributed by atoms with Gasteiger partial charge in [0.2, 0.25) is 11.9 Å². The Kier molecular flexibility index (Phi) is 5.91. The molecule has 8 heteroatoms. The van der Waals surface area contributed by atoms with Crippen molar-refractivity contribution in [2.24, 2.45) is 0 Å². The molecule has 0 saturated heterocycles. The van der Waals surface area contributed by atoms with Crippen molar-refractivity contribution in [2.45, 2.75) is 6.92 Å². The monoisotopic (exact) mass is 379 g/mol. The molecule has 1 aromatic heterocycles. The lowest BCUT2D eigenvalue weighted by Crippen LogP contribution is -2.05. The predicted molar refractivity (Wildman–Crippen MR) is 109 cm³/mol. The van der Waals surface area contributed by atoms with Crippen molar-refractivity contribution in [1.82, 2.24) is 9.97 Å². The fourth-order valence-corrected chi connectivity index (χ4v) is 2.50. The smallest absolute Gasteiger partial charge is 0.229 e. The molecule has 1 heterocycles. The molecule has 144 valence electrons. The maximum atomic E-state index is 11.1. The minimum Gasteiger partial charge on any atom is -0.497 e. The third-order valence-corrected chi connectivity index (χ3v) is 3.79. The summed E-state index contributed by atoms with van der Waals surface area (Å²) in [5.41, 5.74) is 2.28. The number of anilines is 5. The second kappa shape index (κ2) is 8.72. The molecule has 0 atom stereocenters. The summed E-state index contributed by atoms with van der Waals surface area (Å²) in [6.45, 7) is 1.47. The largest absolute Gasteiger partial charge is 0.497 e. The highest BCUT2D eigenvalue weighted by atomic mass is 16.5. The molecule has 1 amide bonds. The third kappa shape index (κ3) is 4.88. The van der Waals surface area contributed by atoms with Crippen molar-refractivity contribution < 1.29 is 14.3 Å². The molecule has 3 aromatic rings. The first-order chi connectivity index (χ1) is 13.6. The van der Waals surface area contributed by atoms with E-state index in [1.165, 1.54) is 6.92 Å². The Morgan fingerprint density at radius 2 is 1.68 bits per heavy atom. The first-order valence-electron chi connectivity index (χ1n) is 8.54. The second-order valence-corrected chi connectivity index (χ2v) is 5.84. The number of hydrogen-bond donors (Lipinski definition) is 3. The van der Waals surface area contributed by atoms with Crippen molar-refractivity contribution >= 4 is 34.7 Å². The SMILES string of the molecule is COc1ccc(Nc2ccnc(Nc3ccc(NC(C)=O)cc3)n2)c(OC)c1. The molecule has 0 aliphatic heterocycles. The maximum absolute atomic E-state index is 11.1. The Labute approximate surface area is 162 Å². The van der Waals surface area contributed by atoms with Crippen LogP contribution >= 0.6 is 0 Å². The van der Waals surface area contributed by atoms with Gasteiger partial charge in [-0.1, -0.05) is 0 Å². The predicted octanol–water partition coefficient (Wildman–Crippen LogP) is 3.94. The van der Waals surface area contributed by atoms with E-state index in [0.29, 0.717) is 23.3 Å². The molecule has 0 fully saturated rings. The Morgan fingerprint density at radius 1 is 0.929 bits per heavy atom. The average molecular weight is 379 g/mol. The van der Waals surface area contributed by atoms with Crippen LogP contribution in [0.4, 0.5) is 28.8 Å². The molecule has 8 nitrogen and oxygen atoms in total. The van der Waals surface area contributed by atoms with Gasteiger partial charge in [0, 0.05) is 30.6 Å². The normalized spacial score (nSPS) is 10.1. The summed E-state index contributed by atoms with van der Waals surface area (Å²) >= 11 is 0. The lowest BCUT2D eigenvalue weighted by molar-refractivity contribution is -0.114. The van der Waals surface area contributed by atoms with Gasteiger partial charge in [0.05, 0.1) is 19.9 Å². The number of nitrogens with zero attached hydrogens (tertiary/aromatic N) is 2. The molecule has 0 saturated carbocycles. The van der Waals surface area contributed by atoms with Crippen LogP contribution < -0.4 is 25.4 Å². The number of amides is 1. The van der Waals surface area contributed by atoms with E-state index in [9.17, 15) is 4.79 Å². The Bertz CT molecular complexity index is 960. The molecule has 0 bridgehead atoms. The number of aromatic nitrogens is 2. The summed E-state index contributed by atoms with van der Waals surface area (Å²) in [6.07, 6.45) is 1.65. The lowest BCUT2D eigenvalue weighted by Gasteiger charge is -2.13. The highest BCUT2D eigenvalue weighted by Gasteiger charge is 2.07. The van der Waals surface area contributed by atoms with E-state index in [1.54, 1.807) is 44.7 Å². The first-order valence-corrected chi connectivity index (χ1v) is 8.54. The second-order valence-electron chi connectivity index (χ2n) is 5.84. The van der Waals surface area contributed by atoms with E-state index in [1.807, 2.05) is 24.3 Å². The zero-order chi connectivity index (χ0) is 19.9. The number of hydrogen-bond acceptors (Lipinski definition) is 7. The number of carbonyl (C=O) groups excluding carboxylic acids is 1. The van der Waals surface area contributed by atoms with Gasteiger partial charge >= 0.3 is 0 Å². The Balaban J connectivity index is 1.73. The van der Waals surface area contributed by atoms with Crippen LogP contribution in [0.5, 0.6) is 11.5 Å². The third-order valence-electron chi connectivity index (χ3n) is 3.79. The zero-order valence-electron chi connectivity index (χ0n) is 15.8. The van der Waals surface area contributed by atoms with Crippen molar-refractivity contribution in [3.63, 3.8) is 0 Å². The van der Waals surface area contributed by atoms with Gasteiger partial charge in [-0.05, 0) is 42.5 Å². The summed E-state index contributed by atoms with van der Waals surface area (Å²) in [6, 6.07) is 14.5. The van der Waals surface area contributed by atoms with Gasteiger partial charge < -0.3 is 25.4 Å². The number of ether oxygens (including phenoxy) is 2. The topological polar surface area (TPSA) is 97.4 Å². The van der Waals surface area contributed by atoms with E-state index in [-0.39, 0.29) is 5.91 Å². The fourth-order valence-electron chi connectivity index (χ4n) is 2.50. The van der Waals surface area contributed by atoms with Gasteiger partial charge in [0.15, 0.2) is 0 Å². The van der Waals surface area contributed by atoms with E-state index in [0.717, 1.165) is 17.1 Å². The van der Waals surface area contributed by atoms with E-state index >= 15 is 0 Å². The molecule has 3 rings (SSSR count). The van der Waals surface area contributed by atoms with E-state index < -0.39 is 0 Å². The van der Waals surface area contributed by atoms with Gasteiger partial charge in [0.1, 0.15) is 17.3 Å². The fraction of sp³-hybridized carbons (Fsp3) is 0.150. The van der Waals surface area contributed by atoms with Crippen molar-refractivity contribution in [2.75, 3.05) is 30.2 Å². The van der Waals surface area contributed by atoms with Crippen molar-refractivity contribution in [1.29, 1.82) is 0 Å². The number of rotatable bonds is 7. The Morgan fingerprint density at radius 3 is 2.36 bits per heavy atom. The van der Waals surface area contributed by atoms with Crippen LogP contribution in [0.25, 0.3) is 0 Å². The van der Waals surface area contributed by atoms with Gasteiger partial charge in [-0.25, -0.2) is 4.98 Å². The lowest BCUT2D eigenvalue weighted by atomic mass is 10.2. The van der Waals surface area contributed by atoms with Gasteiger partial charge in [0.25, 0.3) is 0 Å². The first kappa shape index (κ1) is 19.0. The standard InChI is InChI=1S/C20H21N5O3/c1-13(26)22-14-4-6-15(7-5-14)23-20-21-11-10-19(25-20)24-17-9-8-16(27-2)12-18(17)28-3/h4-12H,1-3H3,(H,22,26)(H2,21,23,24,25). The minimum absolute atomic E-state index is 0.114. The highest BCUT2D eigenvalue weighted by Crippen LogP contribution is 2.31. The summed E-state index contributed by atoms with van der Waals surface area (Å²) in [5.74, 6) is 2.27. The molecule has 2 aromatic carbocycles. The molecular weight excluding hydrogens is 358 g/mol. The summed E-state index contributed by atoms with van der Waals surface area (Å²) in [5, 5.41) is 9.07. The van der Waals surface area contributed by atoms with Gasteiger partial charge in [-0.2, -0.15) is 4.98 Å². The highest BCUT2D eigenvalue weighted by molar-refractivity contribution is 5.88. The van der Waals surface area contributed by atoms with Crippen LogP contribution in [-0.4, -0.2) is 30.1 Å². The van der Waals surface area contributed by atoms with Gasteiger partial charge in [-0.3, -0.25) is 4.79 Å². The molecular formula is C20H21N5O3. The van der Waals surface area contributed by atoms with Crippen molar-refractivity contribution in [3.05, 3.63) is 54.7 Å². The molecule has 3 N–H and O–H groups in total. The van der Waals surface area contributed by atoms with Crippen LogP contribution in [0, 0.1) is 0 Å². The van der Waals surface area contributed by atoms with Crippen LogP contribution in [0.15, 0.2) is 54.7 Å². The van der Waals surface area contributed by atoms with Crippen LogP contribution in [0.3, 0.4) is 0 Å². The zero-order valence-corrected chi connectivity index (χ0v) is 15.8. The molecule has 28 heavy (non-hydrogen) atoms. The molecule has 0 aliphatic rings. The number of benzene rings is 2. The van der Waals surface area contributed by atoms with Crippen molar-refractivity contribution in [3.8, 4) is 11.5 Å². The quantitative estimate of drug-likeness (QED) is 0.572. The molecule has 0 spiro atoms. The summed E-state index contributed by atoms with van der Waals surface area (Å²) in [7, 11) is 3.20. The Hall–Kier alpha value is -3.81. The molecule has 0 unspecified atom stereocenters. The van der Waals surface area contributed by atoms with E-state index in [2.05, 4.69) is 25.9 Å². The maximum Gasteiger partial charge on any atom is 0.229 e. The van der Waals surface area contributed by atoms with Crippen LogP contribution in [0.1, 0.15) is 6.92 Å². The molecule has 0 aliphatic carbocycles. The number of methoxy groups -OCH3 is 2. The van der Waals surface area contributed by atoms with Crippen LogP contribution in [0.2, 0.25) is 0 Å². The average Bonchev–Trinajstić information content (AvgIpc) is 2.70. The van der Waals surface area contributed by atoms with E-state index in [4.69, 9.17) is 9.47 Å². The number of nitrogens with one attached hydrogen (secondary N) is 3.